The Bertz CT molecular complexity index is 498. The second-order valence-corrected chi connectivity index (χ2v) is 4.82. The van der Waals surface area contributed by atoms with Crippen LogP contribution in [0.3, 0.4) is 0 Å². The lowest BCUT2D eigenvalue weighted by Crippen LogP contribution is -2.01. The molecular formula is C14H12OS2. The summed E-state index contributed by atoms with van der Waals surface area (Å²) >= 11 is 6.79. The van der Waals surface area contributed by atoms with Crippen molar-refractivity contribution < 1.29 is 4.74 Å². The normalized spacial score (nSPS) is 9.88. The highest BCUT2D eigenvalue weighted by atomic mass is 32.1. The van der Waals surface area contributed by atoms with Crippen molar-refractivity contribution in [3.05, 3.63) is 64.4 Å². The van der Waals surface area contributed by atoms with Crippen LogP contribution in [-0.2, 0) is 11.3 Å². The van der Waals surface area contributed by atoms with Gasteiger partial charge in [-0.15, -0.1) is 11.3 Å². The van der Waals surface area contributed by atoms with Gasteiger partial charge in [-0.25, -0.2) is 0 Å². The molecule has 0 bridgehead atoms. The highest BCUT2D eigenvalue weighted by Gasteiger charge is 2.03. The maximum atomic E-state index is 5.56. The Kier molecular flexibility index (Phi) is 4.07. The molecule has 2 rings (SSSR count). The van der Waals surface area contributed by atoms with Crippen molar-refractivity contribution in [1.29, 1.82) is 0 Å². The Morgan fingerprint density at radius 3 is 2.65 bits per heavy atom. The second-order valence-electron chi connectivity index (χ2n) is 3.50. The predicted molar refractivity (Wildman–Crippen MR) is 77.3 cm³/mol. The van der Waals surface area contributed by atoms with Gasteiger partial charge in [0.1, 0.15) is 6.61 Å². The molecule has 0 atom stereocenters. The number of thiophene rings is 1. The summed E-state index contributed by atoms with van der Waals surface area (Å²) in [6.45, 7) is 4.23. The van der Waals surface area contributed by atoms with Crippen LogP contribution in [0.4, 0.5) is 0 Å². The van der Waals surface area contributed by atoms with Crippen LogP contribution in [0.1, 0.15) is 16.0 Å². The maximum absolute atomic E-state index is 5.56. The lowest BCUT2D eigenvalue weighted by Gasteiger charge is -2.06. The third kappa shape index (κ3) is 3.25. The van der Waals surface area contributed by atoms with E-state index >= 15 is 0 Å². The van der Waals surface area contributed by atoms with Gasteiger partial charge in [0.05, 0.1) is 4.88 Å². The van der Waals surface area contributed by atoms with Crippen molar-refractivity contribution in [2.75, 3.05) is 0 Å². The van der Waals surface area contributed by atoms with Crippen molar-refractivity contribution >= 4 is 34.7 Å². The van der Waals surface area contributed by atoms with Crippen LogP contribution in [0.2, 0.25) is 0 Å². The predicted octanol–water partition coefficient (Wildman–Crippen LogP) is 4.28. The third-order valence-electron chi connectivity index (χ3n) is 2.31. The van der Waals surface area contributed by atoms with Crippen molar-refractivity contribution in [3.8, 4) is 0 Å². The van der Waals surface area contributed by atoms with Gasteiger partial charge >= 0.3 is 0 Å². The molecule has 0 unspecified atom stereocenters. The molecule has 0 spiro atoms. The minimum atomic E-state index is 0.508. The lowest BCUT2D eigenvalue weighted by molar-refractivity contribution is 0.303. The Hall–Kier alpha value is -1.45. The number of benzene rings is 1. The van der Waals surface area contributed by atoms with E-state index in [-0.39, 0.29) is 0 Å². The molecule has 1 nitrogen and oxygen atoms in total. The number of thiocarbonyl (C=S) groups is 1. The molecule has 0 aliphatic rings. The van der Waals surface area contributed by atoms with Crippen LogP contribution in [0.25, 0.3) is 6.08 Å². The lowest BCUT2D eigenvalue weighted by atomic mass is 10.1. The Balaban J connectivity index is 1.93. The van der Waals surface area contributed by atoms with Gasteiger partial charge in [0, 0.05) is 0 Å². The van der Waals surface area contributed by atoms with Gasteiger partial charge in [-0.3, -0.25) is 0 Å². The van der Waals surface area contributed by atoms with E-state index in [1.807, 2.05) is 47.9 Å². The first-order chi connectivity index (χ1) is 8.29. The molecule has 0 aliphatic carbocycles. The fourth-order valence-electron chi connectivity index (χ4n) is 1.36. The molecular weight excluding hydrogens is 248 g/mol. The van der Waals surface area contributed by atoms with E-state index in [9.17, 15) is 0 Å². The zero-order chi connectivity index (χ0) is 12.1. The largest absolute Gasteiger partial charge is 0.477 e. The zero-order valence-electron chi connectivity index (χ0n) is 9.26. The number of hydrogen-bond acceptors (Lipinski definition) is 3. The van der Waals surface area contributed by atoms with E-state index in [1.165, 1.54) is 0 Å². The molecule has 0 saturated heterocycles. The van der Waals surface area contributed by atoms with Crippen LogP contribution >= 0.6 is 23.6 Å². The summed E-state index contributed by atoms with van der Waals surface area (Å²) in [6.07, 6.45) is 1.82. The van der Waals surface area contributed by atoms with Crippen LogP contribution < -0.4 is 0 Å². The zero-order valence-corrected chi connectivity index (χ0v) is 10.9. The Labute approximate surface area is 110 Å². The first kappa shape index (κ1) is 12.0. The molecule has 0 saturated carbocycles. The first-order valence-corrected chi connectivity index (χ1v) is 6.50. The summed E-state index contributed by atoms with van der Waals surface area (Å²) in [5, 5.41) is 2.55. The van der Waals surface area contributed by atoms with Gasteiger partial charge in [-0.1, -0.05) is 43.0 Å². The maximum Gasteiger partial charge on any atom is 0.201 e. The highest BCUT2D eigenvalue weighted by Crippen LogP contribution is 2.13. The average molecular weight is 260 g/mol. The summed E-state index contributed by atoms with van der Waals surface area (Å²) < 4.78 is 5.56. The molecule has 17 heavy (non-hydrogen) atoms. The van der Waals surface area contributed by atoms with E-state index in [0.29, 0.717) is 11.7 Å². The standard InChI is InChI=1S/C14H12OS2/c1-2-11-5-7-12(8-6-11)10-15-14(16)13-4-3-9-17-13/h2-9H,1,10H2. The van der Waals surface area contributed by atoms with E-state index in [1.54, 1.807) is 11.3 Å². The number of ether oxygens (including phenoxy) is 1. The molecule has 0 radical (unpaired) electrons. The first-order valence-electron chi connectivity index (χ1n) is 5.21. The smallest absolute Gasteiger partial charge is 0.201 e. The van der Waals surface area contributed by atoms with E-state index in [4.69, 9.17) is 17.0 Å². The molecule has 1 aromatic heterocycles. The molecule has 86 valence electrons. The topological polar surface area (TPSA) is 9.23 Å². The monoisotopic (exact) mass is 260 g/mol. The summed E-state index contributed by atoms with van der Waals surface area (Å²) in [5.74, 6) is 0. The van der Waals surface area contributed by atoms with Gasteiger partial charge < -0.3 is 4.74 Å². The van der Waals surface area contributed by atoms with Crippen LogP contribution in [0.5, 0.6) is 0 Å². The van der Waals surface area contributed by atoms with E-state index in [0.717, 1.165) is 16.0 Å². The summed E-state index contributed by atoms with van der Waals surface area (Å²) in [5.41, 5.74) is 2.21. The van der Waals surface area contributed by atoms with Crippen LogP contribution in [0, 0.1) is 0 Å². The van der Waals surface area contributed by atoms with Crippen molar-refractivity contribution in [1.82, 2.24) is 0 Å². The third-order valence-corrected chi connectivity index (χ3v) is 3.64. The summed E-state index contributed by atoms with van der Waals surface area (Å²) in [7, 11) is 0. The van der Waals surface area contributed by atoms with Gasteiger partial charge in [-0.2, -0.15) is 0 Å². The molecule has 0 fully saturated rings. The molecule has 0 N–H and O–H groups in total. The number of rotatable bonds is 4. The Morgan fingerprint density at radius 2 is 2.06 bits per heavy atom. The molecule has 0 aliphatic heterocycles. The average Bonchev–Trinajstić information content (AvgIpc) is 2.90. The minimum absolute atomic E-state index is 0.508. The van der Waals surface area contributed by atoms with Gasteiger partial charge in [0.25, 0.3) is 0 Å². The fraction of sp³-hybridized carbons (Fsp3) is 0.0714. The van der Waals surface area contributed by atoms with Crippen molar-refractivity contribution in [2.45, 2.75) is 6.61 Å². The molecule has 1 aromatic carbocycles. The van der Waals surface area contributed by atoms with Gasteiger partial charge in [0.2, 0.25) is 5.05 Å². The molecule has 3 heteroatoms. The minimum Gasteiger partial charge on any atom is -0.477 e. The molecule has 1 heterocycles. The molecule has 2 aromatic rings. The highest BCUT2D eigenvalue weighted by molar-refractivity contribution is 7.80. The Morgan fingerprint density at radius 1 is 1.29 bits per heavy atom. The quantitative estimate of drug-likeness (QED) is 0.759. The van der Waals surface area contributed by atoms with Crippen LogP contribution in [0.15, 0.2) is 48.4 Å². The molecule has 0 amide bonds. The van der Waals surface area contributed by atoms with Gasteiger partial charge in [-0.05, 0) is 34.8 Å². The van der Waals surface area contributed by atoms with E-state index in [2.05, 4.69) is 6.58 Å². The van der Waals surface area contributed by atoms with Gasteiger partial charge in [0.15, 0.2) is 0 Å². The number of hydrogen-bond donors (Lipinski definition) is 0. The van der Waals surface area contributed by atoms with E-state index < -0.39 is 0 Å². The summed E-state index contributed by atoms with van der Waals surface area (Å²) in [6, 6.07) is 12.0. The summed E-state index contributed by atoms with van der Waals surface area (Å²) in [4.78, 5) is 1.00. The second kappa shape index (κ2) is 5.75. The fourth-order valence-corrected chi connectivity index (χ4v) is 2.25. The SMILES string of the molecule is C=Cc1ccc(COC(=S)c2cccs2)cc1. The van der Waals surface area contributed by atoms with Crippen molar-refractivity contribution in [3.63, 3.8) is 0 Å². The van der Waals surface area contributed by atoms with Crippen LogP contribution in [-0.4, -0.2) is 5.05 Å². The van der Waals surface area contributed by atoms with Crippen molar-refractivity contribution in [2.24, 2.45) is 0 Å².